The van der Waals surface area contributed by atoms with Gasteiger partial charge in [0.15, 0.2) is 23.1 Å². The summed E-state index contributed by atoms with van der Waals surface area (Å²) in [5.41, 5.74) is 16.5. The van der Waals surface area contributed by atoms with Gasteiger partial charge in [-0.1, -0.05) is 151 Å². The number of hydrogen-bond acceptors (Lipinski definition) is 23. The van der Waals surface area contributed by atoms with Crippen molar-refractivity contribution in [2.75, 3.05) is 34.5 Å². The summed E-state index contributed by atoms with van der Waals surface area (Å²) in [6.07, 6.45) is 18.8. The van der Waals surface area contributed by atoms with Crippen molar-refractivity contribution in [3.8, 4) is 0 Å². The molecule has 0 saturated heterocycles. The zero-order valence-electron chi connectivity index (χ0n) is 81.4. The second kappa shape index (κ2) is 62.8. The van der Waals surface area contributed by atoms with Crippen LogP contribution in [0.25, 0.3) is 0 Å². The van der Waals surface area contributed by atoms with Crippen molar-refractivity contribution in [1.29, 1.82) is 0 Å². The van der Waals surface area contributed by atoms with E-state index in [0.717, 1.165) is 165 Å². The van der Waals surface area contributed by atoms with E-state index in [-0.39, 0.29) is 83.4 Å². The minimum Gasteiger partial charge on any atom is -0.481 e. The fraction of sp³-hybridized carbons (Fsp3) is 0.369. The smallest absolute Gasteiger partial charge is 0.408 e. The largest absolute Gasteiger partial charge is 0.481 e. The van der Waals surface area contributed by atoms with Gasteiger partial charge in [-0.2, -0.15) is 0 Å². The number of fused-ring (bicyclic) bond motifs is 4. The van der Waals surface area contributed by atoms with Gasteiger partial charge in [0.1, 0.15) is 5.60 Å². The van der Waals surface area contributed by atoms with Crippen LogP contribution in [0.5, 0.6) is 0 Å². The van der Waals surface area contributed by atoms with E-state index in [1.54, 1.807) is 80.6 Å². The lowest BCUT2D eigenvalue weighted by atomic mass is 9.86. The number of hydrogen-bond donors (Lipinski definition) is 7. The van der Waals surface area contributed by atoms with Gasteiger partial charge < -0.3 is 64.5 Å². The molecule has 0 fully saturated rings. The Morgan fingerprint density at radius 1 is 0.364 bits per heavy atom. The molecule has 13 rings (SSSR count). The lowest BCUT2D eigenvalue weighted by Gasteiger charge is -2.28. The van der Waals surface area contributed by atoms with E-state index in [2.05, 4.69) is 32.1 Å². The van der Waals surface area contributed by atoms with E-state index < -0.39 is 47.5 Å². The molecule has 4 aliphatic carbocycles. The van der Waals surface area contributed by atoms with Crippen LogP contribution >= 0.6 is 0 Å². The molecular formula is C111H130N2O27. The number of carbonyl (C=O) groups is 15. The predicted molar refractivity (Wildman–Crippen MR) is 528 cm³/mol. The molecule has 7 N–H and O–H groups in total. The SMILES string of the molecule is CC(=O)c1ccc(CCCC(=O)O)cc1.CCOC(=O)CCCc1ccc(C(C)=O)cc1.CCOC(=O)CCCc1ccccc1.COC(=O)c1ccc2c(c1)/C(=N/O)CCC2.COC(=O)c1ccc2c(c1)C(=O)CCC2.COC(=O)c1ccc2c(c1)C(NC(=O)OC(C)(C)C)CCC2.O=C(O)CCCc1ccc(C(=O)O)cc1.O=C(O)CCCc1ccccc1.O=C(O)c1ccc2c(c1)C(=O)CCC2. The number of carboxylic acid groups (broad SMARTS) is 5. The van der Waals surface area contributed by atoms with Gasteiger partial charge in [-0.3, -0.25) is 43.2 Å². The van der Waals surface area contributed by atoms with Crippen molar-refractivity contribution in [3.63, 3.8) is 0 Å². The maximum absolute atomic E-state index is 12.0. The number of oxime groups is 1. The summed E-state index contributed by atoms with van der Waals surface area (Å²) in [5.74, 6) is -5.29. The highest BCUT2D eigenvalue weighted by Gasteiger charge is 2.28. The topological polar surface area (TPSA) is 457 Å². The number of carboxylic acids is 5. The summed E-state index contributed by atoms with van der Waals surface area (Å²) in [6.45, 7) is 13.1. The first-order valence-electron chi connectivity index (χ1n) is 46.7. The number of ether oxygens (including phenoxy) is 6. The number of alkyl carbamates (subject to hydrolysis) is 1. The number of aryl methyl sites for hydroxylation is 9. The van der Waals surface area contributed by atoms with Gasteiger partial charge in [-0.15, -0.1) is 0 Å². The third kappa shape index (κ3) is 44.1. The molecule has 9 aromatic carbocycles. The molecular weight excluding hydrogens is 1790 g/mol. The quantitative estimate of drug-likeness (QED) is 0.00723. The molecule has 0 aromatic heterocycles. The number of esters is 5. The summed E-state index contributed by atoms with van der Waals surface area (Å²) >= 11 is 0. The molecule has 0 aliphatic heterocycles. The second-order valence-corrected chi connectivity index (χ2v) is 33.9. The number of aliphatic carboxylic acids is 3. The van der Waals surface area contributed by atoms with Gasteiger partial charge in [0.25, 0.3) is 0 Å². The van der Waals surface area contributed by atoms with E-state index in [1.165, 1.54) is 57.6 Å². The van der Waals surface area contributed by atoms with E-state index in [1.807, 2.05) is 137 Å². The average molecular weight is 1920 g/mol. The van der Waals surface area contributed by atoms with Crippen molar-refractivity contribution < 1.29 is 131 Å². The molecule has 9 aromatic rings. The van der Waals surface area contributed by atoms with Crippen molar-refractivity contribution in [1.82, 2.24) is 5.32 Å². The zero-order valence-corrected chi connectivity index (χ0v) is 81.4. The highest BCUT2D eigenvalue weighted by Crippen LogP contribution is 2.32. The highest BCUT2D eigenvalue weighted by atomic mass is 16.6. The van der Waals surface area contributed by atoms with Crippen LogP contribution in [0.15, 0.2) is 211 Å². The number of benzene rings is 9. The molecule has 0 bridgehead atoms. The minimum atomic E-state index is -0.980. The second-order valence-electron chi connectivity index (χ2n) is 33.9. The standard InChI is InChI=1S/C17H23NO4.C14H18O3.C12H13NO3.C12H12O3.C12H14O3.C12H16O2.C11H12O4.C11H10O3.C10H12O2/c1-17(2,3)22-16(20)18-14-7-5-6-11-8-9-12(10-13(11)14)15(19)21-4;1-3-17-14(16)6-4-5-12-7-9-13(10-8-12)11(2)15;1-16-12(14)9-6-5-8-3-2-4-11(13-15)10(8)7-9;1-15-12(14)9-6-5-8-3-2-4-11(13)10(8)7-9;1-9(13)11-7-5-10(6-8-11)3-2-4-12(14)15;1-2-14-12(13)10-6-9-11-7-4-3-5-8-11;12-10(13)3-1-2-8-4-6-9(7-5-8)11(14)15;12-10-3-1-2-7-4-5-8(11(13)14)6-9(7)10;11-10(12)8-4-7-9-5-2-1-3-6-9/h8-10,14H,5-7H2,1-4H3,(H,18,20);7-10H,3-6H2,1-2H3;5-7,15H,2-4H2,1H3;5-7H,2-4H2,1H3;5-8H,2-4H2,1H3,(H,14,15);3-5,7-8H,2,6,9-10H2,1H3;4-7H,1-3H2,(H,12,13)(H,14,15);4-6H,1-3H2,(H,13,14);1-3,5-6H,4,7-8H2,(H,11,12)/b;;13-11+;;;;;;. The molecule has 1 amide bonds. The number of methoxy groups -OCH3 is 3. The molecule has 0 radical (unpaired) electrons. The zero-order chi connectivity index (χ0) is 103. The van der Waals surface area contributed by atoms with Crippen LogP contribution in [-0.2, 0) is 110 Å². The summed E-state index contributed by atoms with van der Waals surface area (Å²) in [4.78, 5) is 166. The Bertz CT molecular complexity index is 5550. The summed E-state index contributed by atoms with van der Waals surface area (Å²) < 4.78 is 29.0. The number of ketones is 4. The van der Waals surface area contributed by atoms with Crippen LogP contribution in [0.4, 0.5) is 4.79 Å². The first-order chi connectivity index (χ1) is 66.9. The van der Waals surface area contributed by atoms with Crippen LogP contribution in [0.2, 0.25) is 0 Å². The minimum absolute atomic E-state index is 0.0482. The summed E-state index contributed by atoms with van der Waals surface area (Å²) in [5, 5.41) is 57.8. The van der Waals surface area contributed by atoms with Crippen molar-refractivity contribution in [2.24, 2.45) is 5.16 Å². The third-order valence-corrected chi connectivity index (χ3v) is 22.1. The number of nitrogens with one attached hydrogen (secondary N) is 1. The molecule has 746 valence electrons. The van der Waals surface area contributed by atoms with Gasteiger partial charge >= 0.3 is 65.8 Å². The van der Waals surface area contributed by atoms with Gasteiger partial charge in [0.05, 0.1) is 74.1 Å². The van der Waals surface area contributed by atoms with E-state index in [4.69, 9.17) is 49.7 Å². The lowest BCUT2D eigenvalue weighted by molar-refractivity contribution is -0.144. The molecule has 1 unspecified atom stereocenters. The van der Waals surface area contributed by atoms with Crippen LogP contribution < -0.4 is 5.32 Å². The van der Waals surface area contributed by atoms with Gasteiger partial charge in [0.2, 0.25) is 0 Å². The first-order valence-corrected chi connectivity index (χ1v) is 46.7. The van der Waals surface area contributed by atoms with E-state index in [9.17, 15) is 71.9 Å². The number of nitrogens with zero attached hydrogens (tertiary/aromatic N) is 1. The van der Waals surface area contributed by atoms with Crippen molar-refractivity contribution >= 4 is 94.6 Å². The predicted octanol–water partition coefficient (Wildman–Crippen LogP) is 20.8. The van der Waals surface area contributed by atoms with Crippen molar-refractivity contribution in [3.05, 3.63) is 318 Å². The molecule has 0 heterocycles. The molecule has 1 atom stereocenters. The van der Waals surface area contributed by atoms with Crippen LogP contribution in [0.1, 0.15) is 325 Å². The normalized spacial score (nSPS) is 12.9. The highest BCUT2D eigenvalue weighted by molar-refractivity contribution is 6.05. The Kier molecular flexibility index (Phi) is 51.8. The molecule has 0 spiro atoms. The van der Waals surface area contributed by atoms with Crippen LogP contribution in [-0.4, -0.2) is 166 Å². The van der Waals surface area contributed by atoms with Gasteiger partial charge in [-0.25, -0.2) is 28.8 Å². The van der Waals surface area contributed by atoms with Crippen LogP contribution in [0, 0.1) is 0 Å². The Morgan fingerprint density at radius 2 is 0.679 bits per heavy atom. The average Bonchev–Trinajstić information content (AvgIpc) is 0.804. The van der Waals surface area contributed by atoms with Crippen LogP contribution in [0.3, 0.4) is 0 Å². The number of aromatic carboxylic acids is 2. The number of carbonyl (C=O) groups excluding carboxylic acids is 10. The number of Topliss-reactive ketones (excluding diaryl/α,β-unsaturated/α-hetero) is 4. The monoisotopic (exact) mass is 1920 g/mol. The Morgan fingerprint density at radius 3 is 1.03 bits per heavy atom. The maximum atomic E-state index is 12.0. The lowest BCUT2D eigenvalue weighted by Crippen LogP contribution is -2.36. The van der Waals surface area contributed by atoms with Crippen molar-refractivity contribution in [2.45, 2.75) is 233 Å². The van der Waals surface area contributed by atoms with Gasteiger partial charge in [0, 0.05) is 72.8 Å². The molecule has 29 heteroatoms. The Labute approximate surface area is 817 Å². The Balaban J connectivity index is 0.000000279. The molecule has 0 saturated carbocycles. The first kappa shape index (κ1) is 116. The third-order valence-electron chi connectivity index (χ3n) is 22.1. The summed E-state index contributed by atoms with van der Waals surface area (Å²) in [6, 6.07) is 62.1. The number of rotatable bonds is 30. The Hall–Kier alpha value is -14.9. The molecule has 140 heavy (non-hydrogen) atoms. The van der Waals surface area contributed by atoms with Gasteiger partial charge in [-0.05, 0) is 293 Å². The molecule has 29 nitrogen and oxygen atoms in total. The number of amides is 1. The fourth-order valence-electron chi connectivity index (χ4n) is 14.9. The molecule has 4 aliphatic rings. The summed E-state index contributed by atoms with van der Waals surface area (Å²) in [7, 11) is 4.05. The maximum Gasteiger partial charge on any atom is 0.408 e. The fourth-order valence-corrected chi connectivity index (χ4v) is 14.9. The van der Waals surface area contributed by atoms with E-state index >= 15 is 0 Å². The van der Waals surface area contributed by atoms with E-state index in [0.29, 0.717) is 97.3 Å².